The van der Waals surface area contributed by atoms with E-state index in [1.54, 1.807) is 11.7 Å². The molecule has 0 aliphatic heterocycles. The highest BCUT2D eigenvalue weighted by atomic mass is 35.5. The second-order valence-corrected chi connectivity index (χ2v) is 5.72. The minimum Gasteiger partial charge on any atom is -0.390 e. The summed E-state index contributed by atoms with van der Waals surface area (Å²) in [6.45, 7) is 1.87. The van der Waals surface area contributed by atoms with Crippen LogP contribution in [-0.2, 0) is 13.5 Å². The zero-order chi connectivity index (χ0) is 13.3. The zero-order valence-electron chi connectivity index (χ0n) is 11.0. The van der Waals surface area contributed by atoms with Gasteiger partial charge in [-0.3, -0.25) is 4.68 Å². The van der Waals surface area contributed by atoms with Crippen LogP contribution in [0.1, 0.15) is 43.4 Å². The van der Waals surface area contributed by atoms with E-state index in [1.165, 1.54) is 0 Å². The molecule has 0 bridgehead atoms. The average molecular weight is 273 g/mol. The van der Waals surface area contributed by atoms with Crippen molar-refractivity contribution in [2.24, 2.45) is 7.05 Å². The van der Waals surface area contributed by atoms with Crippen molar-refractivity contribution in [2.75, 3.05) is 0 Å². The lowest BCUT2D eigenvalue weighted by atomic mass is 9.79. The lowest BCUT2D eigenvalue weighted by Gasteiger charge is -2.36. The molecular formula is C13H21ClN2O2. The maximum Gasteiger partial charge on any atom is 0.130 e. The Balaban J connectivity index is 2.13. The molecule has 5 heteroatoms. The highest BCUT2D eigenvalue weighted by molar-refractivity contribution is 6.30. The molecule has 102 valence electrons. The molecule has 2 N–H and O–H groups in total. The molecule has 0 aromatic carbocycles. The number of nitrogens with zero attached hydrogens (tertiary/aromatic N) is 2. The van der Waals surface area contributed by atoms with Crippen LogP contribution in [0, 0.1) is 6.92 Å². The Hall–Kier alpha value is -0.580. The first-order valence-electron chi connectivity index (χ1n) is 6.52. The fourth-order valence-electron chi connectivity index (χ4n) is 2.79. The molecule has 0 radical (unpaired) electrons. The number of aliphatic hydroxyl groups is 2. The largest absolute Gasteiger partial charge is 0.390 e. The Morgan fingerprint density at radius 3 is 2.50 bits per heavy atom. The summed E-state index contributed by atoms with van der Waals surface area (Å²) in [5.74, 6) is 0. The van der Waals surface area contributed by atoms with Crippen molar-refractivity contribution in [3.05, 3.63) is 16.4 Å². The molecule has 1 fully saturated rings. The van der Waals surface area contributed by atoms with Gasteiger partial charge in [-0.15, -0.1) is 0 Å². The fourth-order valence-corrected chi connectivity index (χ4v) is 3.04. The summed E-state index contributed by atoms with van der Waals surface area (Å²) in [5, 5.41) is 25.5. The molecule has 1 atom stereocenters. The minimum absolute atomic E-state index is 0.370. The lowest BCUT2D eigenvalue weighted by Crippen LogP contribution is -2.45. The smallest absolute Gasteiger partial charge is 0.130 e. The third-order valence-electron chi connectivity index (χ3n) is 4.01. The predicted molar refractivity (Wildman–Crippen MR) is 70.7 cm³/mol. The number of aromatic nitrogens is 2. The zero-order valence-corrected chi connectivity index (χ0v) is 11.7. The maximum absolute atomic E-state index is 10.5. The van der Waals surface area contributed by atoms with Gasteiger partial charge in [0.25, 0.3) is 0 Å². The first kappa shape index (κ1) is 13.8. The Labute approximate surface area is 113 Å². The topological polar surface area (TPSA) is 58.3 Å². The van der Waals surface area contributed by atoms with Crippen LogP contribution in [0.15, 0.2) is 0 Å². The molecule has 1 aliphatic carbocycles. The van der Waals surface area contributed by atoms with Crippen molar-refractivity contribution >= 4 is 11.6 Å². The summed E-state index contributed by atoms with van der Waals surface area (Å²) in [5.41, 5.74) is 0.704. The second-order valence-electron chi connectivity index (χ2n) is 5.36. The van der Waals surface area contributed by atoms with Crippen LogP contribution < -0.4 is 0 Å². The minimum atomic E-state index is -0.955. The van der Waals surface area contributed by atoms with Crippen molar-refractivity contribution in [3.63, 3.8) is 0 Å². The van der Waals surface area contributed by atoms with Gasteiger partial charge in [-0.05, 0) is 19.8 Å². The number of halogens is 1. The Morgan fingerprint density at radius 1 is 1.39 bits per heavy atom. The monoisotopic (exact) mass is 272 g/mol. The van der Waals surface area contributed by atoms with Gasteiger partial charge in [-0.25, -0.2) is 0 Å². The van der Waals surface area contributed by atoms with Gasteiger partial charge in [0, 0.05) is 19.0 Å². The summed E-state index contributed by atoms with van der Waals surface area (Å²) in [7, 11) is 1.78. The molecule has 1 aromatic heterocycles. The van der Waals surface area contributed by atoms with E-state index in [4.69, 9.17) is 11.6 Å². The third kappa shape index (κ3) is 2.56. The van der Waals surface area contributed by atoms with E-state index < -0.39 is 11.7 Å². The highest BCUT2D eigenvalue weighted by Gasteiger charge is 2.37. The summed E-state index contributed by atoms with van der Waals surface area (Å²) in [4.78, 5) is 0. The van der Waals surface area contributed by atoms with Gasteiger partial charge in [0.15, 0.2) is 0 Å². The number of hydrogen-bond acceptors (Lipinski definition) is 3. The van der Waals surface area contributed by atoms with E-state index in [0.717, 1.165) is 30.5 Å². The van der Waals surface area contributed by atoms with Crippen LogP contribution in [0.5, 0.6) is 0 Å². The third-order valence-corrected chi connectivity index (χ3v) is 4.48. The first-order valence-corrected chi connectivity index (χ1v) is 6.90. The van der Waals surface area contributed by atoms with Gasteiger partial charge in [-0.1, -0.05) is 30.9 Å². The quantitative estimate of drug-likeness (QED) is 0.885. The summed E-state index contributed by atoms with van der Waals surface area (Å²) in [6, 6.07) is 0. The van der Waals surface area contributed by atoms with E-state index in [-0.39, 0.29) is 0 Å². The van der Waals surface area contributed by atoms with Crippen LogP contribution >= 0.6 is 11.6 Å². The second kappa shape index (κ2) is 5.19. The fraction of sp³-hybridized carbons (Fsp3) is 0.769. The molecule has 1 saturated carbocycles. The van der Waals surface area contributed by atoms with E-state index in [9.17, 15) is 10.2 Å². The van der Waals surface area contributed by atoms with Gasteiger partial charge in [0.2, 0.25) is 0 Å². The number of aliphatic hydroxyl groups excluding tert-OH is 1. The molecule has 1 aromatic rings. The first-order chi connectivity index (χ1) is 8.44. The normalized spacial score (nSPS) is 20.9. The highest BCUT2D eigenvalue weighted by Crippen LogP contribution is 2.33. The van der Waals surface area contributed by atoms with Crippen LogP contribution in [-0.4, -0.2) is 31.7 Å². The van der Waals surface area contributed by atoms with Gasteiger partial charge >= 0.3 is 0 Å². The SMILES string of the molecule is Cc1nn(C)c(Cl)c1CC(O)C1(O)CCCCC1. The van der Waals surface area contributed by atoms with Crippen molar-refractivity contribution < 1.29 is 10.2 Å². The van der Waals surface area contributed by atoms with Gasteiger partial charge < -0.3 is 10.2 Å². The van der Waals surface area contributed by atoms with Gasteiger partial charge in [0.1, 0.15) is 5.15 Å². The maximum atomic E-state index is 10.5. The van der Waals surface area contributed by atoms with Crippen LogP contribution in [0.3, 0.4) is 0 Å². The molecule has 1 unspecified atom stereocenters. The number of aryl methyl sites for hydroxylation is 2. The van der Waals surface area contributed by atoms with E-state index in [0.29, 0.717) is 24.4 Å². The molecule has 18 heavy (non-hydrogen) atoms. The standard InChI is InChI=1S/C13H21ClN2O2/c1-9-10(12(14)16(2)15-9)8-11(17)13(18)6-4-3-5-7-13/h11,17-18H,3-8H2,1-2H3. The summed E-state index contributed by atoms with van der Waals surface area (Å²) < 4.78 is 1.60. The van der Waals surface area contributed by atoms with Gasteiger partial charge in [-0.2, -0.15) is 5.10 Å². The van der Waals surface area contributed by atoms with E-state index >= 15 is 0 Å². The van der Waals surface area contributed by atoms with Crippen molar-refractivity contribution in [3.8, 4) is 0 Å². The summed E-state index contributed by atoms with van der Waals surface area (Å²) >= 11 is 6.15. The average Bonchev–Trinajstić information content (AvgIpc) is 2.57. The molecule has 0 spiro atoms. The van der Waals surface area contributed by atoms with E-state index in [2.05, 4.69) is 5.10 Å². The predicted octanol–water partition coefficient (Wildman–Crippen LogP) is 1.98. The van der Waals surface area contributed by atoms with Crippen LogP contribution in [0.4, 0.5) is 0 Å². The molecule has 1 aliphatic rings. The van der Waals surface area contributed by atoms with Crippen molar-refractivity contribution in [1.29, 1.82) is 0 Å². The lowest BCUT2D eigenvalue weighted by molar-refractivity contribution is -0.0960. The van der Waals surface area contributed by atoms with Crippen LogP contribution in [0.2, 0.25) is 5.15 Å². The number of rotatable bonds is 3. The Bertz CT molecular complexity index is 425. The molecular weight excluding hydrogens is 252 g/mol. The molecule has 2 rings (SSSR count). The van der Waals surface area contributed by atoms with E-state index in [1.807, 2.05) is 6.92 Å². The van der Waals surface area contributed by atoms with Gasteiger partial charge in [0.05, 0.1) is 17.4 Å². The Kier molecular flexibility index (Phi) is 3.99. The molecule has 1 heterocycles. The van der Waals surface area contributed by atoms with Crippen LogP contribution in [0.25, 0.3) is 0 Å². The molecule has 0 amide bonds. The number of hydrogen-bond donors (Lipinski definition) is 2. The summed E-state index contributed by atoms with van der Waals surface area (Å²) in [6.07, 6.45) is 4.05. The Morgan fingerprint density at radius 2 is 2.00 bits per heavy atom. The van der Waals surface area contributed by atoms with Crippen molar-refractivity contribution in [1.82, 2.24) is 9.78 Å². The van der Waals surface area contributed by atoms with Crippen molar-refractivity contribution in [2.45, 2.75) is 57.2 Å². The molecule has 0 saturated heterocycles. The molecule has 4 nitrogen and oxygen atoms in total.